The fourth-order valence-electron chi connectivity index (χ4n) is 4.41. The molecule has 0 radical (unpaired) electrons. The number of halogens is 4. The Kier molecular flexibility index (Phi) is 5.81. The molecule has 35 heavy (non-hydrogen) atoms. The molecule has 7 nitrogen and oxygen atoms in total. The lowest BCUT2D eigenvalue weighted by Gasteiger charge is -2.34. The van der Waals surface area contributed by atoms with Crippen LogP contribution in [0.2, 0.25) is 0 Å². The molecule has 1 amide bonds. The zero-order valence-electron chi connectivity index (χ0n) is 18.6. The van der Waals surface area contributed by atoms with Gasteiger partial charge < -0.3 is 25.7 Å². The lowest BCUT2D eigenvalue weighted by Crippen LogP contribution is -2.37. The molecule has 1 atom stereocenters. The summed E-state index contributed by atoms with van der Waals surface area (Å²) >= 11 is 0. The van der Waals surface area contributed by atoms with Crippen LogP contribution >= 0.6 is 0 Å². The zero-order valence-corrected chi connectivity index (χ0v) is 18.6. The number of nitrogens with one attached hydrogen (secondary N) is 2. The van der Waals surface area contributed by atoms with E-state index < -0.39 is 35.2 Å². The second-order valence-electron chi connectivity index (χ2n) is 8.33. The number of ether oxygens (including phenoxy) is 1. The van der Waals surface area contributed by atoms with Gasteiger partial charge in [-0.25, -0.2) is 22.5 Å². The van der Waals surface area contributed by atoms with E-state index in [0.29, 0.717) is 46.3 Å². The predicted octanol–water partition coefficient (Wildman–Crippen LogP) is 3.99. The van der Waals surface area contributed by atoms with E-state index in [4.69, 9.17) is 10.5 Å². The van der Waals surface area contributed by atoms with Crippen molar-refractivity contribution in [2.75, 3.05) is 32.1 Å². The number of carbonyl (C=O) groups excluding carboxylic acids is 1. The number of pyridine rings is 1. The van der Waals surface area contributed by atoms with Crippen molar-refractivity contribution in [2.24, 2.45) is 5.73 Å². The number of likely N-dealkylation sites (N-methyl/N-ethyl adjacent to an activating group) is 1. The van der Waals surface area contributed by atoms with E-state index in [1.165, 1.54) is 18.0 Å². The van der Waals surface area contributed by atoms with Crippen LogP contribution in [0.25, 0.3) is 21.7 Å². The van der Waals surface area contributed by atoms with E-state index >= 15 is 0 Å². The average Bonchev–Trinajstić information content (AvgIpc) is 3.25. The molecule has 0 saturated heterocycles. The highest BCUT2D eigenvalue weighted by molar-refractivity contribution is 5.99. The van der Waals surface area contributed by atoms with Gasteiger partial charge >= 0.3 is 0 Å². The molecule has 182 valence electrons. The number of fused-ring (bicyclic) bond motifs is 4. The number of carbonyl (C=O) groups is 1. The number of amides is 1. The molecule has 11 heteroatoms. The Morgan fingerprint density at radius 1 is 1.11 bits per heavy atom. The molecule has 4 aromatic rings. The van der Waals surface area contributed by atoms with Crippen molar-refractivity contribution in [1.29, 1.82) is 0 Å². The number of aromatic nitrogens is 2. The van der Waals surface area contributed by atoms with Crippen LogP contribution in [0.1, 0.15) is 27.8 Å². The van der Waals surface area contributed by atoms with Crippen LogP contribution in [-0.4, -0.2) is 47.5 Å². The van der Waals surface area contributed by atoms with Crippen molar-refractivity contribution in [3.63, 3.8) is 0 Å². The molecule has 0 spiro atoms. The molecule has 4 N–H and O–H groups in total. The van der Waals surface area contributed by atoms with Crippen LogP contribution in [0, 0.1) is 23.3 Å². The summed E-state index contributed by atoms with van der Waals surface area (Å²) < 4.78 is 61.4. The van der Waals surface area contributed by atoms with Crippen LogP contribution in [0.15, 0.2) is 30.3 Å². The number of aromatic amines is 1. The average molecular weight is 487 g/mol. The molecule has 0 unspecified atom stereocenters. The highest BCUT2D eigenvalue weighted by atomic mass is 19.2. The van der Waals surface area contributed by atoms with Gasteiger partial charge in [0.05, 0.1) is 24.9 Å². The summed E-state index contributed by atoms with van der Waals surface area (Å²) in [5.74, 6) is -4.27. The van der Waals surface area contributed by atoms with Gasteiger partial charge in [0, 0.05) is 48.1 Å². The molecular weight excluding hydrogens is 466 g/mol. The second-order valence-corrected chi connectivity index (χ2v) is 8.33. The Balaban J connectivity index is 1.59. The molecule has 0 fully saturated rings. The first-order chi connectivity index (χ1) is 16.8. The van der Waals surface area contributed by atoms with Gasteiger partial charge in [-0.15, -0.1) is 0 Å². The van der Waals surface area contributed by atoms with Crippen molar-refractivity contribution < 1.29 is 27.1 Å². The number of hydrogen-bond donors (Lipinski definition) is 3. The van der Waals surface area contributed by atoms with Gasteiger partial charge in [-0.2, -0.15) is 0 Å². The van der Waals surface area contributed by atoms with E-state index in [-0.39, 0.29) is 24.4 Å². The minimum absolute atomic E-state index is 0.0874. The topological polar surface area (TPSA) is 96.3 Å². The molecule has 1 aliphatic heterocycles. The van der Waals surface area contributed by atoms with E-state index in [0.717, 1.165) is 24.3 Å². The van der Waals surface area contributed by atoms with Crippen LogP contribution < -0.4 is 11.1 Å². The highest BCUT2D eigenvalue weighted by Crippen LogP contribution is 2.38. The molecular formula is C24H21F4N5O2. The van der Waals surface area contributed by atoms with Crippen molar-refractivity contribution in [1.82, 2.24) is 14.9 Å². The summed E-state index contributed by atoms with van der Waals surface area (Å²) in [6.07, 6.45) is 0. The molecule has 3 heterocycles. The Labute approximate surface area is 196 Å². The minimum Gasteiger partial charge on any atom is -0.373 e. The summed E-state index contributed by atoms with van der Waals surface area (Å²) in [6.45, 7) is 0.873. The van der Waals surface area contributed by atoms with Crippen molar-refractivity contribution in [2.45, 2.75) is 12.6 Å². The standard InChI is InChI=1S/C24H21F4N5O2/c1-33(24(34)19-5-11-4-14(25)17(28)8-18(11)31-19)21-10-35-9-20-22(21)12-6-15(26)16(27)7-13(12)23(32-20)30-3-2-29/h4-8,21,31H,2-3,9-10,29H2,1H3,(H,30,32)/t21-/m0/s1. The summed E-state index contributed by atoms with van der Waals surface area (Å²) in [7, 11) is 1.53. The number of hydrogen-bond acceptors (Lipinski definition) is 5. The lowest BCUT2D eigenvalue weighted by molar-refractivity contribution is 0.0334. The van der Waals surface area contributed by atoms with E-state index in [2.05, 4.69) is 15.3 Å². The molecule has 2 aromatic carbocycles. The molecule has 1 aliphatic rings. The molecule has 5 rings (SSSR count). The first-order valence-electron chi connectivity index (χ1n) is 10.9. The summed E-state index contributed by atoms with van der Waals surface area (Å²) in [6, 6.07) is 4.87. The number of anilines is 1. The Bertz CT molecular complexity index is 1430. The number of nitrogens with two attached hydrogens (primary N) is 1. The van der Waals surface area contributed by atoms with Gasteiger partial charge in [0.25, 0.3) is 5.91 Å². The summed E-state index contributed by atoms with van der Waals surface area (Å²) in [4.78, 5) is 22.1. The van der Waals surface area contributed by atoms with E-state index in [9.17, 15) is 22.4 Å². The van der Waals surface area contributed by atoms with Crippen molar-refractivity contribution in [3.8, 4) is 0 Å². The van der Waals surface area contributed by atoms with Gasteiger partial charge in [-0.05, 0) is 29.7 Å². The fraction of sp³-hybridized carbons (Fsp3) is 0.250. The number of benzene rings is 2. The van der Waals surface area contributed by atoms with Gasteiger partial charge in [0.2, 0.25) is 0 Å². The number of rotatable bonds is 5. The van der Waals surface area contributed by atoms with Gasteiger partial charge in [0.1, 0.15) is 11.5 Å². The largest absolute Gasteiger partial charge is 0.373 e. The Morgan fingerprint density at radius 2 is 1.80 bits per heavy atom. The smallest absolute Gasteiger partial charge is 0.270 e. The monoisotopic (exact) mass is 487 g/mol. The molecule has 0 bridgehead atoms. The Morgan fingerprint density at radius 3 is 2.54 bits per heavy atom. The quantitative estimate of drug-likeness (QED) is 0.370. The Hall–Kier alpha value is -3.70. The summed E-state index contributed by atoms with van der Waals surface area (Å²) in [5.41, 5.74) is 6.95. The minimum atomic E-state index is -1.04. The number of nitrogens with zero attached hydrogens (tertiary/aromatic N) is 2. The molecule has 2 aromatic heterocycles. The van der Waals surface area contributed by atoms with Crippen molar-refractivity contribution >= 4 is 33.4 Å². The lowest BCUT2D eigenvalue weighted by atomic mass is 9.94. The molecule has 0 aliphatic carbocycles. The van der Waals surface area contributed by atoms with E-state index in [1.807, 2.05) is 0 Å². The normalized spacial score (nSPS) is 15.4. The summed E-state index contributed by atoms with van der Waals surface area (Å²) in [5, 5.41) is 4.10. The van der Waals surface area contributed by atoms with Gasteiger partial charge in [-0.3, -0.25) is 4.79 Å². The third kappa shape index (κ3) is 3.96. The maximum atomic E-state index is 14.3. The van der Waals surface area contributed by atoms with E-state index in [1.54, 1.807) is 0 Å². The third-order valence-electron chi connectivity index (χ3n) is 6.13. The first kappa shape index (κ1) is 23.1. The van der Waals surface area contributed by atoms with Crippen LogP contribution in [0.5, 0.6) is 0 Å². The van der Waals surface area contributed by atoms with Crippen LogP contribution in [0.4, 0.5) is 23.4 Å². The highest BCUT2D eigenvalue weighted by Gasteiger charge is 2.32. The zero-order chi connectivity index (χ0) is 24.9. The number of H-pyrrole nitrogens is 1. The SMILES string of the molecule is CN(C(=O)c1cc2cc(F)c(F)cc2[nH]1)[C@H]1COCc2nc(NCCN)c3cc(F)c(F)cc3c21. The van der Waals surface area contributed by atoms with Crippen molar-refractivity contribution in [3.05, 3.63) is 70.6 Å². The fourth-order valence-corrected chi connectivity index (χ4v) is 4.41. The molecule has 0 saturated carbocycles. The predicted molar refractivity (Wildman–Crippen MR) is 122 cm³/mol. The van der Waals surface area contributed by atoms with Crippen LogP contribution in [0.3, 0.4) is 0 Å². The maximum absolute atomic E-state index is 14.3. The van der Waals surface area contributed by atoms with Gasteiger partial charge in [0.15, 0.2) is 23.3 Å². The maximum Gasteiger partial charge on any atom is 0.270 e. The third-order valence-corrected chi connectivity index (χ3v) is 6.13. The van der Waals surface area contributed by atoms with Gasteiger partial charge in [-0.1, -0.05) is 0 Å². The first-order valence-corrected chi connectivity index (χ1v) is 10.9. The second kappa shape index (κ2) is 8.82. The van der Waals surface area contributed by atoms with Crippen LogP contribution in [-0.2, 0) is 11.3 Å².